The van der Waals surface area contributed by atoms with Crippen molar-refractivity contribution in [2.24, 2.45) is 9.98 Å². The predicted octanol–water partition coefficient (Wildman–Crippen LogP) is 1.20. The van der Waals surface area contributed by atoms with Gasteiger partial charge in [-0.2, -0.15) is 0 Å². The van der Waals surface area contributed by atoms with Gasteiger partial charge in [-0.25, -0.2) is 4.99 Å². The summed E-state index contributed by atoms with van der Waals surface area (Å²) in [4.78, 5) is 8.63. The van der Waals surface area contributed by atoms with Crippen LogP contribution >= 0.6 is 0 Å². The normalized spacial score (nSPS) is 13.9. The predicted molar refractivity (Wildman–Crippen MR) is 56.2 cm³/mol. The maximum atomic E-state index is 5.63. The quantitative estimate of drug-likeness (QED) is 0.678. The summed E-state index contributed by atoms with van der Waals surface area (Å²) in [6.45, 7) is 1.50. The van der Waals surface area contributed by atoms with Gasteiger partial charge >= 0.3 is 0 Å². The first-order valence-corrected chi connectivity index (χ1v) is 4.98. The van der Waals surface area contributed by atoms with Crippen LogP contribution in [-0.2, 0) is 0 Å². The lowest BCUT2D eigenvalue weighted by atomic mass is 10.2. The van der Waals surface area contributed by atoms with Crippen molar-refractivity contribution < 1.29 is 4.42 Å². The molecule has 1 aromatic carbocycles. The van der Waals surface area contributed by atoms with Crippen molar-refractivity contribution in [2.75, 3.05) is 13.1 Å². The molecule has 2 aromatic rings. The summed E-state index contributed by atoms with van der Waals surface area (Å²) in [7, 11) is 0. The fourth-order valence-electron chi connectivity index (χ4n) is 1.67. The first kappa shape index (κ1) is 8.41. The molecule has 74 valence electrons. The summed E-state index contributed by atoms with van der Waals surface area (Å²) in [5.74, 6) is 0.843. The van der Waals surface area contributed by atoms with E-state index in [1.54, 1.807) is 0 Å². The van der Waals surface area contributed by atoms with E-state index in [-0.39, 0.29) is 0 Å². The van der Waals surface area contributed by atoms with Gasteiger partial charge in [0.1, 0.15) is 11.1 Å². The zero-order chi connectivity index (χ0) is 10.1. The molecule has 0 spiro atoms. The average Bonchev–Trinajstić information content (AvgIpc) is 2.74. The van der Waals surface area contributed by atoms with Crippen LogP contribution in [0.25, 0.3) is 11.3 Å². The van der Waals surface area contributed by atoms with Crippen molar-refractivity contribution in [3.8, 4) is 11.3 Å². The molecule has 0 bridgehead atoms. The summed E-state index contributed by atoms with van der Waals surface area (Å²) >= 11 is 0. The highest BCUT2D eigenvalue weighted by atomic mass is 16.3. The fraction of sp³-hybridized carbons (Fsp3) is 0.167. The van der Waals surface area contributed by atoms with Gasteiger partial charge in [-0.3, -0.25) is 4.99 Å². The number of furan rings is 1. The van der Waals surface area contributed by atoms with Gasteiger partial charge in [-0.15, -0.1) is 0 Å². The minimum atomic E-state index is 0.667. The third-order valence-corrected chi connectivity index (χ3v) is 2.39. The number of fused-ring (bicyclic) bond motifs is 1. The summed E-state index contributed by atoms with van der Waals surface area (Å²) in [6.07, 6.45) is 0. The van der Waals surface area contributed by atoms with Crippen LogP contribution in [-0.4, -0.2) is 13.1 Å². The second kappa shape index (κ2) is 3.35. The maximum Gasteiger partial charge on any atom is 0.240 e. The highest BCUT2D eigenvalue weighted by molar-refractivity contribution is 5.56. The molecule has 3 heteroatoms. The maximum absolute atomic E-state index is 5.63. The van der Waals surface area contributed by atoms with Crippen molar-refractivity contribution in [2.45, 2.75) is 0 Å². The third-order valence-electron chi connectivity index (χ3n) is 2.39. The van der Waals surface area contributed by atoms with E-state index < -0.39 is 0 Å². The highest BCUT2D eigenvalue weighted by Crippen LogP contribution is 2.15. The number of nitrogens with zero attached hydrogens (tertiary/aromatic N) is 2. The van der Waals surface area contributed by atoms with E-state index in [1.807, 2.05) is 36.4 Å². The van der Waals surface area contributed by atoms with Crippen LogP contribution in [0.1, 0.15) is 0 Å². The molecule has 0 N–H and O–H groups in total. The van der Waals surface area contributed by atoms with Gasteiger partial charge in [0.25, 0.3) is 0 Å². The monoisotopic (exact) mass is 198 g/mol. The van der Waals surface area contributed by atoms with Crippen LogP contribution in [0, 0.1) is 0 Å². The standard InChI is InChI=1S/C12H10N2O/c1-2-4-9(5-3-1)11-8-10-12(15-11)14-7-6-13-10/h1-5,8H,6-7H2. The summed E-state index contributed by atoms with van der Waals surface area (Å²) < 4.78 is 5.63. The Morgan fingerprint density at radius 2 is 1.80 bits per heavy atom. The highest BCUT2D eigenvalue weighted by Gasteiger charge is 2.06. The lowest BCUT2D eigenvalue weighted by Gasteiger charge is -1.93. The number of benzene rings is 1. The van der Waals surface area contributed by atoms with Crippen LogP contribution < -0.4 is 10.9 Å². The molecule has 0 fully saturated rings. The Kier molecular flexibility index (Phi) is 1.88. The fourth-order valence-corrected chi connectivity index (χ4v) is 1.67. The third kappa shape index (κ3) is 1.46. The Balaban J connectivity index is 2.20. The van der Waals surface area contributed by atoms with Crippen LogP contribution in [0.3, 0.4) is 0 Å². The second-order valence-corrected chi connectivity index (χ2v) is 3.43. The van der Waals surface area contributed by atoms with Crippen LogP contribution in [0.4, 0.5) is 0 Å². The number of hydrogen-bond donors (Lipinski definition) is 0. The van der Waals surface area contributed by atoms with E-state index in [2.05, 4.69) is 9.98 Å². The SMILES string of the molecule is c1ccc(-c2cc3c(o2)=NCCN=3)cc1. The van der Waals surface area contributed by atoms with Gasteiger partial charge in [-0.05, 0) is 0 Å². The topological polar surface area (TPSA) is 37.9 Å². The van der Waals surface area contributed by atoms with E-state index >= 15 is 0 Å². The zero-order valence-corrected chi connectivity index (χ0v) is 8.18. The van der Waals surface area contributed by atoms with Crippen molar-refractivity contribution >= 4 is 0 Å². The summed E-state index contributed by atoms with van der Waals surface area (Å²) in [6, 6.07) is 12.0. The van der Waals surface area contributed by atoms with E-state index in [0.717, 1.165) is 29.8 Å². The van der Waals surface area contributed by atoms with Crippen LogP contribution in [0.2, 0.25) is 0 Å². The van der Waals surface area contributed by atoms with E-state index in [9.17, 15) is 0 Å². The lowest BCUT2D eigenvalue weighted by Crippen LogP contribution is -2.25. The molecule has 3 rings (SSSR count). The Labute approximate surface area is 86.8 Å². The molecular weight excluding hydrogens is 188 g/mol. The zero-order valence-electron chi connectivity index (χ0n) is 8.18. The molecule has 0 saturated carbocycles. The van der Waals surface area contributed by atoms with Crippen LogP contribution in [0.5, 0.6) is 0 Å². The molecule has 0 radical (unpaired) electrons. The van der Waals surface area contributed by atoms with Gasteiger partial charge in [0, 0.05) is 11.6 Å². The molecule has 0 aliphatic carbocycles. The minimum Gasteiger partial charge on any atom is -0.437 e. The molecule has 15 heavy (non-hydrogen) atoms. The molecular formula is C12H10N2O. The molecule has 2 heterocycles. The molecule has 0 unspecified atom stereocenters. The summed E-state index contributed by atoms with van der Waals surface area (Å²) in [5, 5.41) is 0.875. The average molecular weight is 198 g/mol. The Hall–Kier alpha value is -1.90. The van der Waals surface area contributed by atoms with E-state index in [4.69, 9.17) is 4.42 Å². The second-order valence-electron chi connectivity index (χ2n) is 3.43. The van der Waals surface area contributed by atoms with E-state index in [1.165, 1.54) is 0 Å². The minimum absolute atomic E-state index is 0.667. The molecule has 0 amide bonds. The Bertz CT molecular complexity index is 550. The summed E-state index contributed by atoms with van der Waals surface area (Å²) in [5.41, 5.74) is 1.73. The van der Waals surface area contributed by atoms with Gasteiger partial charge in [0.2, 0.25) is 5.55 Å². The molecule has 0 atom stereocenters. The first-order chi connectivity index (χ1) is 7.43. The molecule has 0 saturated heterocycles. The molecule has 3 nitrogen and oxygen atoms in total. The Morgan fingerprint density at radius 3 is 2.60 bits per heavy atom. The molecule has 1 aromatic heterocycles. The number of hydrogen-bond acceptors (Lipinski definition) is 3. The largest absolute Gasteiger partial charge is 0.437 e. The lowest BCUT2D eigenvalue weighted by molar-refractivity contribution is 0.508. The Morgan fingerprint density at radius 1 is 1.00 bits per heavy atom. The van der Waals surface area contributed by atoms with E-state index in [0.29, 0.717) is 5.55 Å². The number of rotatable bonds is 1. The molecule has 1 aliphatic rings. The van der Waals surface area contributed by atoms with Crippen molar-refractivity contribution in [1.82, 2.24) is 0 Å². The van der Waals surface area contributed by atoms with Gasteiger partial charge < -0.3 is 4.42 Å². The van der Waals surface area contributed by atoms with Crippen LogP contribution in [0.15, 0.2) is 50.8 Å². The van der Waals surface area contributed by atoms with Gasteiger partial charge in [0.05, 0.1) is 13.1 Å². The first-order valence-electron chi connectivity index (χ1n) is 4.98. The molecule has 1 aliphatic heterocycles. The van der Waals surface area contributed by atoms with Crippen molar-refractivity contribution in [3.63, 3.8) is 0 Å². The smallest absolute Gasteiger partial charge is 0.240 e. The van der Waals surface area contributed by atoms with Gasteiger partial charge in [0.15, 0.2) is 0 Å². The van der Waals surface area contributed by atoms with Crippen molar-refractivity contribution in [1.29, 1.82) is 0 Å². The van der Waals surface area contributed by atoms with Crippen molar-refractivity contribution in [3.05, 3.63) is 47.3 Å². The van der Waals surface area contributed by atoms with Gasteiger partial charge in [-0.1, -0.05) is 30.3 Å².